The Labute approximate surface area is 157 Å². The molecular formula is C19H22ClN3OS. The number of carbonyl (C=O) groups is 1. The number of aryl methyl sites for hydroxylation is 1. The summed E-state index contributed by atoms with van der Waals surface area (Å²) < 4.78 is 0. The van der Waals surface area contributed by atoms with Crippen LogP contribution in [0, 0.1) is 6.92 Å². The number of aromatic nitrogens is 2. The standard InChI is InChI=1S/C19H22ClN3OS/c1-13-11-17(14-7-9-15(20)10-8-14)23-19(21-13)25-12-18(24)22-16-5-3-2-4-6-16/h7-11,16H,2-6,12H2,1H3,(H,22,24). The number of halogens is 1. The molecule has 1 amide bonds. The number of benzene rings is 1. The van der Waals surface area contributed by atoms with Crippen LogP contribution in [0.3, 0.4) is 0 Å². The van der Waals surface area contributed by atoms with Gasteiger partial charge in [0.1, 0.15) is 0 Å². The number of hydrogen-bond acceptors (Lipinski definition) is 4. The van der Waals surface area contributed by atoms with Gasteiger partial charge < -0.3 is 5.32 Å². The largest absolute Gasteiger partial charge is 0.353 e. The first-order valence-electron chi connectivity index (χ1n) is 8.64. The number of amides is 1. The summed E-state index contributed by atoms with van der Waals surface area (Å²) in [4.78, 5) is 21.2. The fourth-order valence-electron chi connectivity index (χ4n) is 3.02. The van der Waals surface area contributed by atoms with Gasteiger partial charge in [-0.2, -0.15) is 0 Å². The molecule has 1 aliphatic carbocycles. The quantitative estimate of drug-likeness (QED) is 0.610. The molecule has 132 valence electrons. The Morgan fingerprint density at radius 2 is 1.92 bits per heavy atom. The minimum absolute atomic E-state index is 0.0649. The van der Waals surface area contributed by atoms with Crippen molar-refractivity contribution < 1.29 is 4.79 Å². The minimum atomic E-state index is 0.0649. The summed E-state index contributed by atoms with van der Waals surface area (Å²) in [7, 11) is 0. The lowest BCUT2D eigenvalue weighted by Gasteiger charge is -2.22. The van der Waals surface area contributed by atoms with Crippen LogP contribution in [0.1, 0.15) is 37.8 Å². The molecule has 0 spiro atoms. The monoisotopic (exact) mass is 375 g/mol. The lowest BCUT2D eigenvalue weighted by Crippen LogP contribution is -2.37. The first-order valence-corrected chi connectivity index (χ1v) is 10.0. The second-order valence-corrected chi connectivity index (χ2v) is 7.75. The average molecular weight is 376 g/mol. The maximum atomic E-state index is 12.2. The van der Waals surface area contributed by atoms with Gasteiger partial charge in [0, 0.05) is 22.3 Å². The highest BCUT2D eigenvalue weighted by Gasteiger charge is 2.16. The molecule has 1 fully saturated rings. The highest BCUT2D eigenvalue weighted by atomic mass is 35.5. The van der Waals surface area contributed by atoms with E-state index in [0.29, 0.717) is 22.0 Å². The number of nitrogens with zero attached hydrogens (tertiary/aromatic N) is 2. The normalized spacial score (nSPS) is 15.1. The second-order valence-electron chi connectivity index (χ2n) is 6.38. The maximum Gasteiger partial charge on any atom is 0.230 e. The van der Waals surface area contributed by atoms with Gasteiger partial charge in [0.25, 0.3) is 0 Å². The third kappa shape index (κ3) is 5.44. The van der Waals surface area contributed by atoms with E-state index in [4.69, 9.17) is 11.6 Å². The van der Waals surface area contributed by atoms with E-state index in [0.717, 1.165) is 29.8 Å². The Morgan fingerprint density at radius 3 is 2.64 bits per heavy atom. The van der Waals surface area contributed by atoms with Crippen LogP contribution in [-0.2, 0) is 4.79 Å². The van der Waals surface area contributed by atoms with Gasteiger partial charge in [0.05, 0.1) is 11.4 Å². The van der Waals surface area contributed by atoms with E-state index in [1.807, 2.05) is 37.3 Å². The van der Waals surface area contributed by atoms with Gasteiger partial charge in [-0.1, -0.05) is 54.8 Å². The number of nitrogens with one attached hydrogen (secondary N) is 1. The first-order chi connectivity index (χ1) is 12.1. The predicted molar refractivity (Wildman–Crippen MR) is 103 cm³/mol. The fraction of sp³-hybridized carbons (Fsp3) is 0.421. The molecule has 4 nitrogen and oxygen atoms in total. The lowest BCUT2D eigenvalue weighted by atomic mass is 9.95. The molecule has 1 saturated carbocycles. The smallest absolute Gasteiger partial charge is 0.230 e. The Morgan fingerprint density at radius 1 is 1.20 bits per heavy atom. The van der Waals surface area contributed by atoms with Crippen LogP contribution in [-0.4, -0.2) is 27.7 Å². The molecule has 0 saturated heterocycles. The van der Waals surface area contributed by atoms with E-state index in [2.05, 4.69) is 15.3 Å². The highest BCUT2D eigenvalue weighted by Crippen LogP contribution is 2.23. The molecule has 1 aromatic heterocycles. The summed E-state index contributed by atoms with van der Waals surface area (Å²) in [5, 5.41) is 4.45. The number of rotatable bonds is 5. The molecule has 0 unspecified atom stereocenters. The Bertz CT molecular complexity index is 730. The SMILES string of the molecule is Cc1cc(-c2ccc(Cl)cc2)nc(SCC(=O)NC2CCCCC2)n1. The summed E-state index contributed by atoms with van der Waals surface area (Å²) >= 11 is 7.33. The highest BCUT2D eigenvalue weighted by molar-refractivity contribution is 7.99. The summed E-state index contributed by atoms with van der Waals surface area (Å²) in [6.07, 6.45) is 5.90. The maximum absolute atomic E-state index is 12.2. The third-order valence-corrected chi connectivity index (χ3v) is 5.38. The van der Waals surface area contributed by atoms with Gasteiger partial charge in [-0.05, 0) is 38.0 Å². The molecule has 1 heterocycles. The predicted octanol–water partition coefficient (Wildman–Crippen LogP) is 4.65. The van der Waals surface area contributed by atoms with Gasteiger partial charge in [0.15, 0.2) is 5.16 Å². The molecular weight excluding hydrogens is 354 g/mol. The van der Waals surface area contributed by atoms with Crippen molar-refractivity contribution in [2.24, 2.45) is 0 Å². The van der Waals surface area contributed by atoms with E-state index < -0.39 is 0 Å². The molecule has 1 aromatic carbocycles. The zero-order valence-corrected chi connectivity index (χ0v) is 15.9. The summed E-state index contributed by atoms with van der Waals surface area (Å²) in [6, 6.07) is 9.85. The van der Waals surface area contributed by atoms with E-state index in [-0.39, 0.29) is 5.91 Å². The van der Waals surface area contributed by atoms with Crippen molar-refractivity contribution in [2.75, 3.05) is 5.75 Å². The number of hydrogen-bond donors (Lipinski definition) is 1. The van der Waals surface area contributed by atoms with Crippen molar-refractivity contribution in [3.8, 4) is 11.3 Å². The molecule has 0 radical (unpaired) electrons. The van der Waals surface area contributed by atoms with E-state index >= 15 is 0 Å². The molecule has 3 rings (SSSR count). The summed E-state index contributed by atoms with van der Waals surface area (Å²) in [5.41, 5.74) is 2.72. The van der Waals surface area contributed by atoms with Crippen LogP contribution in [0.25, 0.3) is 11.3 Å². The second kappa shape index (κ2) is 8.68. The van der Waals surface area contributed by atoms with Gasteiger partial charge >= 0.3 is 0 Å². The van der Waals surface area contributed by atoms with Crippen LogP contribution in [0.15, 0.2) is 35.5 Å². The van der Waals surface area contributed by atoms with Crippen molar-refractivity contribution in [3.05, 3.63) is 41.0 Å². The molecule has 0 bridgehead atoms. The van der Waals surface area contributed by atoms with Crippen molar-refractivity contribution in [1.82, 2.24) is 15.3 Å². The average Bonchev–Trinajstić information content (AvgIpc) is 2.61. The van der Waals surface area contributed by atoms with E-state index in [9.17, 15) is 4.79 Å². The molecule has 1 N–H and O–H groups in total. The summed E-state index contributed by atoms with van der Waals surface area (Å²) in [6.45, 7) is 1.94. The van der Waals surface area contributed by atoms with Crippen molar-refractivity contribution in [3.63, 3.8) is 0 Å². The van der Waals surface area contributed by atoms with Crippen molar-refractivity contribution >= 4 is 29.3 Å². The molecule has 6 heteroatoms. The Hall–Kier alpha value is -1.59. The van der Waals surface area contributed by atoms with Crippen molar-refractivity contribution in [2.45, 2.75) is 50.2 Å². The number of thioether (sulfide) groups is 1. The van der Waals surface area contributed by atoms with Gasteiger partial charge in [0.2, 0.25) is 5.91 Å². The minimum Gasteiger partial charge on any atom is -0.353 e. The molecule has 1 aliphatic rings. The van der Waals surface area contributed by atoms with Crippen LogP contribution in [0.4, 0.5) is 0 Å². The zero-order valence-electron chi connectivity index (χ0n) is 14.3. The molecule has 0 aliphatic heterocycles. The van der Waals surface area contributed by atoms with Crippen LogP contribution < -0.4 is 5.32 Å². The lowest BCUT2D eigenvalue weighted by molar-refractivity contribution is -0.119. The first kappa shape index (κ1) is 18.2. The Balaban J connectivity index is 1.62. The van der Waals surface area contributed by atoms with E-state index in [1.165, 1.54) is 31.0 Å². The summed E-state index contributed by atoms with van der Waals surface area (Å²) in [5.74, 6) is 0.412. The van der Waals surface area contributed by atoms with E-state index in [1.54, 1.807) is 0 Å². The van der Waals surface area contributed by atoms with Gasteiger partial charge in [-0.25, -0.2) is 9.97 Å². The topological polar surface area (TPSA) is 54.9 Å². The van der Waals surface area contributed by atoms with Crippen LogP contribution >= 0.6 is 23.4 Å². The zero-order chi connectivity index (χ0) is 17.6. The van der Waals surface area contributed by atoms with Crippen molar-refractivity contribution in [1.29, 1.82) is 0 Å². The van der Waals surface area contributed by atoms with Crippen LogP contribution in [0.2, 0.25) is 5.02 Å². The number of carbonyl (C=O) groups excluding carboxylic acids is 1. The molecule has 25 heavy (non-hydrogen) atoms. The van der Waals surface area contributed by atoms with Gasteiger partial charge in [-0.3, -0.25) is 4.79 Å². The molecule has 0 atom stereocenters. The Kier molecular flexibility index (Phi) is 6.32. The fourth-order valence-corrected chi connectivity index (χ4v) is 3.86. The van der Waals surface area contributed by atoms with Gasteiger partial charge in [-0.15, -0.1) is 0 Å². The van der Waals surface area contributed by atoms with Crippen LogP contribution in [0.5, 0.6) is 0 Å². The molecule has 2 aromatic rings. The third-order valence-electron chi connectivity index (χ3n) is 4.28.